The highest BCUT2D eigenvalue weighted by atomic mass is 127. The van der Waals surface area contributed by atoms with Gasteiger partial charge in [0.1, 0.15) is 11.3 Å². The van der Waals surface area contributed by atoms with Crippen molar-refractivity contribution in [1.29, 1.82) is 0 Å². The van der Waals surface area contributed by atoms with Gasteiger partial charge in [0, 0.05) is 37.6 Å². The molecule has 0 saturated carbocycles. The van der Waals surface area contributed by atoms with Crippen molar-refractivity contribution in [3.8, 4) is 22.5 Å². The van der Waals surface area contributed by atoms with Crippen molar-refractivity contribution in [2.24, 2.45) is 0 Å². The Bertz CT molecular complexity index is 3040. The number of rotatable bonds is 2. The van der Waals surface area contributed by atoms with Crippen molar-refractivity contribution < 1.29 is 0 Å². The van der Waals surface area contributed by atoms with E-state index in [1.165, 1.54) is 0 Å². The van der Waals surface area contributed by atoms with E-state index in [-0.39, 0.29) is 11.1 Å². The number of aromatic nitrogens is 4. The molecule has 0 radical (unpaired) electrons. The molecule has 0 amide bonds. The van der Waals surface area contributed by atoms with E-state index in [1.807, 2.05) is 109 Å². The van der Waals surface area contributed by atoms with Crippen LogP contribution in [0.2, 0.25) is 0 Å². The Morgan fingerprint density at radius 2 is 0.778 bits per heavy atom. The summed E-state index contributed by atoms with van der Waals surface area (Å²) in [6, 6.07) is 48.3. The van der Waals surface area contributed by atoms with Crippen LogP contribution in [0.1, 0.15) is 0 Å². The summed E-state index contributed by atoms with van der Waals surface area (Å²) in [7, 11) is 0. The summed E-state index contributed by atoms with van der Waals surface area (Å²) in [4.78, 5) is 34.5. The molecule has 4 aromatic heterocycles. The van der Waals surface area contributed by atoms with E-state index in [2.05, 4.69) is 132 Å². The molecular weight excluding hydrogens is 1030 g/mol. The van der Waals surface area contributed by atoms with Crippen molar-refractivity contribution in [3.05, 3.63) is 182 Å². The van der Waals surface area contributed by atoms with Gasteiger partial charge in [0.2, 0.25) is 0 Å². The first-order valence-corrected chi connectivity index (χ1v) is 20.6. The Hall–Kier alpha value is -4.50. The van der Waals surface area contributed by atoms with Crippen molar-refractivity contribution in [1.82, 2.24) is 18.8 Å². The normalized spacial score (nSPS) is 11.5. The fourth-order valence-corrected chi connectivity index (χ4v) is 9.87. The van der Waals surface area contributed by atoms with Gasteiger partial charge in [-0.15, -0.1) is 0 Å². The molecule has 54 heavy (non-hydrogen) atoms. The standard InChI is InChI=1S/2C22H12BrIN2O/c2*23-14-10-11-18-17(12-14)22(27)25-21-16-9-5-4-8-15(16)19(24)20(26(18)21)13-6-2-1-3-7-13/h2*1-12H. The van der Waals surface area contributed by atoms with Crippen molar-refractivity contribution in [2.75, 3.05) is 0 Å². The Morgan fingerprint density at radius 1 is 0.426 bits per heavy atom. The Morgan fingerprint density at radius 3 is 1.17 bits per heavy atom. The maximum absolute atomic E-state index is 12.8. The fraction of sp³-hybridized carbons (Fsp3) is 0. The van der Waals surface area contributed by atoms with Crippen molar-refractivity contribution in [2.45, 2.75) is 0 Å². The van der Waals surface area contributed by atoms with Gasteiger partial charge in [-0.25, -0.2) is 0 Å². The number of hydrogen-bond acceptors (Lipinski definition) is 4. The van der Waals surface area contributed by atoms with Crippen LogP contribution in [0.15, 0.2) is 164 Å². The van der Waals surface area contributed by atoms with Gasteiger partial charge in [0.25, 0.3) is 11.1 Å². The van der Waals surface area contributed by atoms with Crippen LogP contribution in [-0.2, 0) is 0 Å². The predicted molar refractivity (Wildman–Crippen MR) is 245 cm³/mol. The van der Waals surface area contributed by atoms with Crippen LogP contribution in [0, 0.1) is 7.14 Å². The van der Waals surface area contributed by atoms with Gasteiger partial charge in [0.15, 0.2) is 0 Å². The molecular formula is C44H24Br2I2N4O2. The lowest BCUT2D eigenvalue weighted by Gasteiger charge is -2.17. The van der Waals surface area contributed by atoms with Crippen LogP contribution in [0.25, 0.3) is 77.2 Å². The fourth-order valence-electron chi connectivity index (χ4n) is 7.10. The van der Waals surface area contributed by atoms with Crippen molar-refractivity contribution >= 4 is 132 Å². The molecule has 0 aliphatic carbocycles. The summed E-state index contributed by atoms with van der Waals surface area (Å²) in [6.07, 6.45) is 0. The lowest BCUT2D eigenvalue weighted by Crippen LogP contribution is -2.13. The SMILES string of the molecule is O=c1nc2c3ccccc3c(I)c(-c3ccccc3)n2c2ccc(Br)cc12.O=c1nc2c3ccccc3c(I)c(-c3ccccc3)n2c2ccc(Br)cc12. The highest BCUT2D eigenvalue weighted by Crippen LogP contribution is 2.37. The minimum absolute atomic E-state index is 0.211. The minimum atomic E-state index is -0.211. The summed E-state index contributed by atoms with van der Waals surface area (Å²) < 4.78 is 8.23. The summed E-state index contributed by atoms with van der Waals surface area (Å²) in [5.41, 5.74) is 6.93. The molecule has 6 nitrogen and oxygen atoms in total. The van der Waals surface area contributed by atoms with E-state index in [4.69, 9.17) is 0 Å². The number of halogens is 4. The third-order valence-electron chi connectivity index (χ3n) is 9.46. The van der Waals surface area contributed by atoms with E-state index >= 15 is 0 Å². The quantitative estimate of drug-likeness (QED) is 0.128. The average Bonchev–Trinajstić information content (AvgIpc) is 3.20. The first-order valence-electron chi connectivity index (χ1n) is 16.9. The smallest absolute Gasteiger partial charge is 0.281 e. The van der Waals surface area contributed by atoms with Crippen molar-refractivity contribution in [3.63, 3.8) is 0 Å². The summed E-state index contributed by atoms with van der Waals surface area (Å²) in [6.45, 7) is 0. The molecule has 0 atom stereocenters. The van der Waals surface area contributed by atoms with Gasteiger partial charge in [0.05, 0.1) is 33.2 Å². The van der Waals surface area contributed by atoms with Gasteiger partial charge in [-0.3, -0.25) is 18.4 Å². The van der Waals surface area contributed by atoms with Crippen LogP contribution in [0.5, 0.6) is 0 Å². The van der Waals surface area contributed by atoms with E-state index in [0.717, 1.165) is 71.2 Å². The zero-order valence-electron chi connectivity index (χ0n) is 28.0. The van der Waals surface area contributed by atoms with Crippen LogP contribution in [0.4, 0.5) is 0 Å². The number of benzene rings is 6. The Kier molecular flexibility index (Phi) is 9.32. The first kappa shape index (κ1) is 35.2. The molecule has 6 aromatic carbocycles. The molecule has 10 heteroatoms. The largest absolute Gasteiger partial charge is 0.292 e. The van der Waals surface area contributed by atoms with Gasteiger partial charge in [-0.1, -0.05) is 141 Å². The molecule has 0 spiro atoms. The molecule has 0 saturated heterocycles. The van der Waals surface area contributed by atoms with Crippen LogP contribution < -0.4 is 11.1 Å². The van der Waals surface area contributed by atoms with E-state index in [1.54, 1.807) is 0 Å². The number of hydrogen-bond donors (Lipinski definition) is 0. The molecule has 0 aliphatic rings. The van der Waals surface area contributed by atoms with Crippen LogP contribution in [0.3, 0.4) is 0 Å². The van der Waals surface area contributed by atoms with Gasteiger partial charge in [-0.2, -0.15) is 9.97 Å². The predicted octanol–water partition coefficient (Wildman–Crippen LogP) is 12.1. The lowest BCUT2D eigenvalue weighted by atomic mass is 10.1. The van der Waals surface area contributed by atoms with Gasteiger partial charge in [-0.05, 0) is 92.7 Å². The summed E-state index contributed by atoms with van der Waals surface area (Å²) in [5, 5.41) is 5.35. The highest BCUT2D eigenvalue weighted by Gasteiger charge is 2.19. The maximum atomic E-state index is 12.8. The third kappa shape index (κ3) is 5.94. The topological polar surface area (TPSA) is 68.7 Å². The number of nitrogens with zero attached hydrogens (tertiary/aromatic N) is 4. The summed E-state index contributed by atoms with van der Waals surface area (Å²) >= 11 is 11.7. The average molecular weight is 1050 g/mol. The summed E-state index contributed by atoms with van der Waals surface area (Å²) in [5.74, 6) is 0. The molecule has 10 aromatic rings. The molecule has 0 fully saturated rings. The highest BCUT2D eigenvalue weighted by molar-refractivity contribution is 14.1. The number of pyridine rings is 2. The second-order valence-corrected chi connectivity index (χ2v) is 16.6. The first-order chi connectivity index (χ1) is 26.3. The third-order valence-corrected chi connectivity index (χ3v) is 12.6. The molecule has 0 aliphatic heterocycles. The molecule has 260 valence electrons. The second-order valence-electron chi connectivity index (χ2n) is 12.6. The van der Waals surface area contributed by atoms with Crippen LogP contribution >= 0.6 is 77.0 Å². The molecule has 0 bridgehead atoms. The monoisotopic (exact) mass is 1050 g/mol. The molecule has 4 heterocycles. The van der Waals surface area contributed by atoms with E-state index in [9.17, 15) is 9.59 Å². The second kappa shape index (κ2) is 14.3. The zero-order valence-corrected chi connectivity index (χ0v) is 35.5. The van der Waals surface area contributed by atoms with E-state index in [0.29, 0.717) is 22.1 Å². The minimum Gasteiger partial charge on any atom is -0.292 e. The lowest BCUT2D eigenvalue weighted by molar-refractivity contribution is 1.15. The Labute approximate surface area is 352 Å². The molecule has 0 unspecified atom stereocenters. The van der Waals surface area contributed by atoms with Gasteiger partial charge >= 0.3 is 0 Å². The van der Waals surface area contributed by atoms with Gasteiger partial charge < -0.3 is 0 Å². The number of fused-ring (bicyclic) bond motifs is 10. The molecule has 0 N–H and O–H groups in total. The maximum Gasteiger partial charge on any atom is 0.281 e. The zero-order chi connectivity index (χ0) is 37.1. The van der Waals surface area contributed by atoms with Crippen LogP contribution in [-0.4, -0.2) is 18.8 Å². The van der Waals surface area contributed by atoms with E-state index < -0.39 is 0 Å². The Balaban J connectivity index is 0.000000142. The molecule has 10 rings (SSSR count).